The Kier molecular flexibility index (Phi) is 8.70. The van der Waals surface area contributed by atoms with Gasteiger partial charge in [-0.05, 0) is 46.4 Å². The molecule has 3 aromatic rings. The van der Waals surface area contributed by atoms with Gasteiger partial charge in [0.25, 0.3) is 0 Å². The zero-order valence-electron chi connectivity index (χ0n) is 23.5. The summed E-state index contributed by atoms with van der Waals surface area (Å²) in [6.07, 6.45) is 1.32. The first-order chi connectivity index (χ1) is 20.2. The maximum atomic E-state index is 14.1. The SMILES string of the molecule is CNC(=O)C(Cc1ccc2ccccc2c1)N1CCN(C(=O)C(Cc2ccc(F)cc2)NC(=O)O)C(CC2CC2)C1=O. The average Bonchev–Trinajstić information content (AvgIpc) is 3.81. The predicted molar refractivity (Wildman–Crippen MR) is 155 cm³/mol. The summed E-state index contributed by atoms with van der Waals surface area (Å²) in [7, 11) is 1.54. The lowest BCUT2D eigenvalue weighted by Gasteiger charge is -2.44. The van der Waals surface area contributed by atoms with Crippen LogP contribution in [0.15, 0.2) is 66.7 Å². The molecule has 0 radical (unpaired) electrons. The van der Waals surface area contributed by atoms with E-state index >= 15 is 0 Å². The number of carbonyl (C=O) groups is 4. The van der Waals surface area contributed by atoms with Gasteiger partial charge in [0, 0.05) is 33.0 Å². The number of carboxylic acid groups (broad SMARTS) is 1. The maximum Gasteiger partial charge on any atom is 0.405 e. The second-order valence-corrected chi connectivity index (χ2v) is 11.1. The van der Waals surface area contributed by atoms with Gasteiger partial charge in [-0.1, -0.05) is 67.4 Å². The number of benzene rings is 3. The standard InChI is InChI=1S/C32H35FN4O5/c1-34-29(38)27(19-22-8-11-23-4-2-3-5-24(23)16-22)36-14-15-37(28(31(36)40)18-21-6-7-21)30(39)26(35-32(41)42)17-20-9-12-25(33)13-10-20/h2-5,8-13,16,21,26-28,35H,6-7,14-15,17-19H2,1H3,(H,34,38)(H,41,42). The van der Waals surface area contributed by atoms with E-state index in [-0.39, 0.29) is 37.2 Å². The van der Waals surface area contributed by atoms with Gasteiger partial charge in [0.1, 0.15) is 23.9 Å². The zero-order valence-corrected chi connectivity index (χ0v) is 23.5. The number of halogens is 1. The van der Waals surface area contributed by atoms with Crippen molar-refractivity contribution in [3.05, 3.63) is 83.7 Å². The Bertz CT molecular complexity index is 1480. The topological polar surface area (TPSA) is 119 Å². The molecule has 0 aromatic heterocycles. The van der Waals surface area contributed by atoms with E-state index in [1.807, 2.05) is 42.5 Å². The molecule has 1 heterocycles. The summed E-state index contributed by atoms with van der Waals surface area (Å²) in [4.78, 5) is 55.7. The highest BCUT2D eigenvalue weighted by Crippen LogP contribution is 2.36. The van der Waals surface area contributed by atoms with Crippen molar-refractivity contribution in [1.29, 1.82) is 0 Å². The molecule has 220 valence electrons. The third-order valence-electron chi connectivity index (χ3n) is 8.18. The van der Waals surface area contributed by atoms with Gasteiger partial charge in [-0.25, -0.2) is 9.18 Å². The fraction of sp³-hybridized carbons (Fsp3) is 0.375. The van der Waals surface area contributed by atoms with E-state index in [1.165, 1.54) is 29.2 Å². The molecule has 2 aliphatic rings. The number of likely N-dealkylation sites (N-methyl/N-ethyl adjacent to an activating group) is 1. The largest absolute Gasteiger partial charge is 0.465 e. The van der Waals surface area contributed by atoms with Crippen LogP contribution in [0.25, 0.3) is 10.8 Å². The van der Waals surface area contributed by atoms with Crippen LogP contribution in [-0.4, -0.2) is 77.0 Å². The van der Waals surface area contributed by atoms with E-state index < -0.39 is 35.9 Å². The van der Waals surface area contributed by atoms with Gasteiger partial charge in [-0.3, -0.25) is 14.4 Å². The molecular formula is C32H35FN4O5. The minimum Gasteiger partial charge on any atom is -0.465 e. The summed E-state index contributed by atoms with van der Waals surface area (Å²) < 4.78 is 13.4. The van der Waals surface area contributed by atoms with E-state index in [0.717, 1.165) is 29.2 Å². The van der Waals surface area contributed by atoms with Gasteiger partial charge in [0.2, 0.25) is 17.7 Å². The lowest BCUT2D eigenvalue weighted by molar-refractivity contribution is -0.157. The van der Waals surface area contributed by atoms with Crippen LogP contribution in [0.5, 0.6) is 0 Å². The Morgan fingerprint density at radius 3 is 2.31 bits per heavy atom. The minimum atomic E-state index is -1.37. The molecule has 4 amide bonds. The van der Waals surface area contributed by atoms with Crippen LogP contribution in [0.4, 0.5) is 9.18 Å². The number of carbonyl (C=O) groups excluding carboxylic acids is 3. The van der Waals surface area contributed by atoms with E-state index in [2.05, 4.69) is 10.6 Å². The molecule has 3 unspecified atom stereocenters. The molecule has 1 aliphatic carbocycles. The van der Waals surface area contributed by atoms with Gasteiger partial charge >= 0.3 is 6.09 Å². The van der Waals surface area contributed by atoms with Crippen LogP contribution in [0, 0.1) is 11.7 Å². The first kappa shape index (κ1) is 29.0. The summed E-state index contributed by atoms with van der Waals surface area (Å²) in [5.74, 6) is -1.26. The average molecular weight is 575 g/mol. The molecule has 9 nitrogen and oxygen atoms in total. The lowest BCUT2D eigenvalue weighted by atomic mass is 9.96. The Balaban J connectivity index is 1.39. The van der Waals surface area contributed by atoms with Gasteiger partial charge in [0.05, 0.1) is 0 Å². The van der Waals surface area contributed by atoms with E-state index in [0.29, 0.717) is 18.4 Å². The summed E-state index contributed by atoms with van der Waals surface area (Å²) in [6, 6.07) is 16.7. The summed E-state index contributed by atoms with van der Waals surface area (Å²) in [5.41, 5.74) is 1.50. The molecule has 0 spiro atoms. The van der Waals surface area contributed by atoms with Crippen LogP contribution in [-0.2, 0) is 27.2 Å². The Morgan fingerprint density at radius 2 is 1.64 bits per heavy atom. The first-order valence-corrected chi connectivity index (χ1v) is 14.3. The highest BCUT2D eigenvalue weighted by Gasteiger charge is 2.45. The molecule has 1 saturated carbocycles. The second-order valence-electron chi connectivity index (χ2n) is 11.1. The molecule has 42 heavy (non-hydrogen) atoms. The molecule has 10 heteroatoms. The van der Waals surface area contributed by atoms with Crippen molar-refractivity contribution < 1.29 is 28.7 Å². The fourth-order valence-electron chi connectivity index (χ4n) is 5.78. The van der Waals surface area contributed by atoms with Gasteiger partial charge in [-0.2, -0.15) is 0 Å². The Labute approximate surface area is 243 Å². The number of hydrogen-bond donors (Lipinski definition) is 3. The minimum absolute atomic E-state index is 0.0127. The molecule has 3 atom stereocenters. The van der Waals surface area contributed by atoms with Crippen molar-refractivity contribution >= 4 is 34.6 Å². The molecule has 5 rings (SSSR count). The maximum absolute atomic E-state index is 14.1. The monoisotopic (exact) mass is 574 g/mol. The molecule has 3 N–H and O–H groups in total. The quantitative estimate of drug-likeness (QED) is 0.343. The molecule has 3 aromatic carbocycles. The third kappa shape index (κ3) is 6.70. The first-order valence-electron chi connectivity index (χ1n) is 14.3. The van der Waals surface area contributed by atoms with Crippen molar-refractivity contribution in [2.45, 2.75) is 50.2 Å². The zero-order chi connectivity index (χ0) is 29.8. The fourth-order valence-corrected chi connectivity index (χ4v) is 5.78. The van der Waals surface area contributed by atoms with Crippen molar-refractivity contribution in [1.82, 2.24) is 20.4 Å². The van der Waals surface area contributed by atoms with Crippen molar-refractivity contribution in [3.63, 3.8) is 0 Å². The molecule has 1 saturated heterocycles. The molecule has 1 aliphatic heterocycles. The molecule has 0 bridgehead atoms. The molecule has 2 fully saturated rings. The van der Waals surface area contributed by atoms with E-state index in [9.17, 15) is 28.7 Å². The number of hydrogen-bond acceptors (Lipinski definition) is 4. The van der Waals surface area contributed by atoms with Crippen LogP contribution >= 0.6 is 0 Å². The number of rotatable bonds is 10. The van der Waals surface area contributed by atoms with Gasteiger partial charge < -0.3 is 25.5 Å². The highest BCUT2D eigenvalue weighted by molar-refractivity contribution is 5.95. The van der Waals surface area contributed by atoms with E-state index in [1.54, 1.807) is 11.9 Å². The van der Waals surface area contributed by atoms with Crippen LogP contribution < -0.4 is 10.6 Å². The normalized spacial score (nSPS) is 18.4. The van der Waals surface area contributed by atoms with Crippen LogP contribution in [0.3, 0.4) is 0 Å². The number of piperazine rings is 1. The van der Waals surface area contributed by atoms with Crippen LogP contribution in [0.2, 0.25) is 0 Å². The lowest BCUT2D eigenvalue weighted by Crippen LogP contribution is -2.65. The number of nitrogens with one attached hydrogen (secondary N) is 2. The number of amides is 4. The van der Waals surface area contributed by atoms with Gasteiger partial charge in [-0.15, -0.1) is 0 Å². The number of nitrogens with zero attached hydrogens (tertiary/aromatic N) is 2. The Hall–Kier alpha value is -4.47. The number of fused-ring (bicyclic) bond motifs is 1. The summed E-state index contributed by atoms with van der Waals surface area (Å²) in [5, 5.41) is 16.6. The van der Waals surface area contributed by atoms with Crippen molar-refractivity contribution in [3.8, 4) is 0 Å². The van der Waals surface area contributed by atoms with Crippen molar-refractivity contribution in [2.24, 2.45) is 5.92 Å². The second kappa shape index (κ2) is 12.6. The van der Waals surface area contributed by atoms with Gasteiger partial charge in [0.15, 0.2) is 0 Å². The smallest absolute Gasteiger partial charge is 0.405 e. The third-order valence-corrected chi connectivity index (χ3v) is 8.18. The molecular weight excluding hydrogens is 539 g/mol. The Morgan fingerprint density at radius 1 is 0.952 bits per heavy atom. The van der Waals surface area contributed by atoms with Crippen molar-refractivity contribution in [2.75, 3.05) is 20.1 Å². The van der Waals surface area contributed by atoms with E-state index in [4.69, 9.17) is 0 Å². The predicted octanol–water partition coefficient (Wildman–Crippen LogP) is 3.35. The van der Waals surface area contributed by atoms with Crippen LogP contribution in [0.1, 0.15) is 30.4 Å². The highest BCUT2D eigenvalue weighted by atomic mass is 19.1. The summed E-state index contributed by atoms with van der Waals surface area (Å²) in [6.45, 7) is 0.294. The summed E-state index contributed by atoms with van der Waals surface area (Å²) >= 11 is 0.